The van der Waals surface area contributed by atoms with Crippen molar-refractivity contribution in [2.75, 3.05) is 13.2 Å². The van der Waals surface area contributed by atoms with Crippen LogP contribution in [0.4, 0.5) is 0 Å². The van der Waals surface area contributed by atoms with Crippen LogP contribution >= 0.6 is 0 Å². The third kappa shape index (κ3) is 3.61. The van der Waals surface area contributed by atoms with Crippen molar-refractivity contribution in [3.8, 4) is 5.75 Å². The molecule has 0 fully saturated rings. The third-order valence-corrected chi connectivity index (χ3v) is 3.40. The Morgan fingerprint density at radius 2 is 2.15 bits per heavy atom. The average Bonchev–Trinajstić information content (AvgIpc) is 2.85. The van der Waals surface area contributed by atoms with E-state index in [-0.39, 0.29) is 0 Å². The Balaban J connectivity index is 1.97. The van der Waals surface area contributed by atoms with E-state index in [1.165, 1.54) is 5.56 Å². The first kappa shape index (κ1) is 14.6. The molecule has 20 heavy (non-hydrogen) atoms. The van der Waals surface area contributed by atoms with Crippen molar-refractivity contribution in [2.45, 2.75) is 26.3 Å². The Kier molecular flexibility index (Phi) is 5.18. The highest BCUT2D eigenvalue weighted by Crippen LogP contribution is 2.24. The molecule has 2 aromatic rings. The molecular formula is C16H23N3O. The Bertz CT molecular complexity index is 536. The van der Waals surface area contributed by atoms with Crippen LogP contribution in [0.15, 0.2) is 36.7 Å². The number of imidazole rings is 1. The molecular weight excluding hydrogens is 250 g/mol. The lowest BCUT2D eigenvalue weighted by Gasteiger charge is -2.17. The minimum absolute atomic E-state index is 0.296. The highest BCUT2D eigenvalue weighted by Gasteiger charge is 2.10. The number of ether oxygens (including phenoxy) is 1. The zero-order valence-electron chi connectivity index (χ0n) is 12.5. The molecule has 0 saturated carbocycles. The Labute approximate surface area is 120 Å². The van der Waals surface area contributed by atoms with Gasteiger partial charge in [-0.3, -0.25) is 0 Å². The summed E-state index contributed by atoms with van der Waals surface area (Å²) in [5.41, 5.74) is 1.20. The highest BCUT2D eigenvalue weighted by atomic mass is 16.5. The number of nitrogens with zero attached hydrogens (tertiary/aromatic N) is 2. The second-order valence-corrected chi connectivity index (χ2v) is 4.87. The predicted molar refractivity (Wildman–Crippen MR) is 80.9 cm³/mol. The van der Waals surface area contributed by atoms with E-state index in [0.29, 0.717) is 12.6 Å². The van der Waals surface area contributed by atoms with E-state index in [0.717, 1.165) is 24.5 Å². The highest BCUT2D eigenvalue weighted by molar-refractivity contribution is 5.35. The van der Waals surface area contributed by atoms with Crippen LogP contribution in [-0.2, 0) is 13.5 Å². The fraction of sp³-hybridized carbons (Fsp3) is 0.438. The van der Waals surface area contributed by atoms with Gasteiger partial charge in [-0.15, -0.1) is 0 Å². The topological polar surface area (TPSA) is 39.1 Å². The number of benzene rings is 1. The van der Waals surface area contributed by atoms with Crippen LogP contribution in [0.3, 0.4) is 0 Å². The van der Waals surface area contributed by atoms with Gasteiger partial charge in [-0.25, -0.2) is 4.98 Å². The van der Waals surface area contributed by atoms with Gasteiger partial charge in [-0.2, -0.15) is 0 Å². The first-order valence-electron chi connectivity index (χ1n) is 7.13. The molecule has 0 aliphatic carbocycles. The predicted octanol–water partition coefficient (Wildman–Crippen LogP) is 2.71. The molecule has 0 spiro atoms. The molecule has 4 nitrogen and oxygen atoms in total. The minimum atomic E-state index is 0.296. The summed E-state index contributed by atoms with van der Waals surface area (Å²) in [7, 11) is 2.00. The Hall–Kier alpha value is -1.81. The Morgan fingerprint density at radius 3 is 2.85 bits per heavy atom. The molecule has 1 atom stereocenters. The van der Waals surface area contributed by atoms with E-state index in [9.17, 15) is 0 Å². The molecule has 1 heterocycles. The molecule has 4 heteroatoms. The largest absolute Gasteiger partial charge is 0.493 e. The van der Waals surface area contributed by atoms with Crippen molar-refractivity contribution in [1.29, 1.82) is 0 Å². The number of hydrogen-bond acceptors (Lipinski definition) is 3. The summed E-state index contributed by atoms with van der Waals surface area (Å²) < 4.78 is 7.96. The maximum Gasteiger partial charge on any atom is 0.124 e. The zero-order chi connectivity index (χ0) is 14.4. The summed E-state index contributed by atoms with van der Waals surface area (Å²) in [6.45, 7) is 5.86. The summed E-state index contributed by atoms with van der Waals surface area (Å²) in [6, 6.07) is 8.50. The van der Waals surface area contributed by atoms with Crippen molar-refractivity contribution in [3.05, 3.63) is 48.0 Å². The van der Waals surface area contributed by atoms with Crippen LogP contribution < -0.4 is 10.1 Å². The van der Waals surface area contributed by atoms with Crippen molar-refractivity contribution >= 4 is 0 Å². The van der Waals surface area contributed by atoms with Crippen LogP contribution in [0.25, 0.3) is 0 Å². The van der Waals surface area contributed by atoms with E-state index in [4.69, 9.17) is 4.74 Å². The summed E-state index contributed by atoms with van der Waals surface area (Å²) in [4.78, 5) is 4.30. The van der Waals surface area contributed by atoms with Gasteiger partial charge in [0.2, 0.25) is 0 Å². The van der Waals surface area contributed by atoms with Crippen molar-refractivity contribution in [1.82, 2.24) is 14.9 Å². The first-order chi connectivity index (χ1) is 9.72. The quantitative estimate of drug-likeness (QED) is 0.843. The normalized spacial score (nSPS) is 12.3. The van der Waals surface area contributed by atoms with Crippen molar-refractivity contribution < 1.29 is 4.74 Å². The molecule has 1 N–H and O–H groups in total. The van der Waals surface area contributed by atoms with E-state index in [1.807, 2.05) is 36.1 Å². The zero-order valence-corrected chi connectivity index (χ0v) is 12.5. The number of rotatable bonds is 7. The molecule has 0 aliphatic heterocycles. The lowest BCUT2D eigenvalue weighted by Crippen LogP contribution is -2.18. The van der Waals surface area contributed by atoms with Gasteiger partial charge in [0.05, 0.1) is 6.61 Å². The van der Waals surface area contributed by atoms with E-state index < -0.39 is 0 Å². The summed E-state index contributed by atoms with van der Waals surface area (Å²) in [5, 5.41) is 3.42. The van der Waals surface area contributed by atoms with Gasteiger partial charge in [0.15, 0.2) is 0 Å². The van der Waals surface area contributed by atoms with Gasteiger partial charge in [-0.05, 0) is 19.5 Å². The second kappa shape index (κ2) is 7.10. The lowest BCUT2D eigenvalue weighted by atomic mass is 10.1. The fourth-order valence-corrected chi connectivity index (χ4v) is 2.28. The molecule has 1 unspecified atom stereocenters. The minimum Gasteiger partial charge on any atom is -0.493 e. The smallest absolute Gasteiger partial charge is 0.124 e. The van der Waals surface area contributed by atoms with E-state index >= 15 is 0 Å². The first-order valence-corrected chi connectivity index (χ1v) is 7.13. The van der Waals surface area contributed by atoms with Gasteiger partial charge in [0, 0.05) is 37.5 Å². The van der Waals surface area contributed by atoms with Gasteiger partial charge in [-0.1, -0.05) is 25.1 Å². The maximum atomic E-state index is 5.94. The van der Waals surface area contributed by atoms with E-state index in [1.54, 1.807) is 0 Å². The summed E-state index contributed by atoms with van der Waals surface area (Å²) in [6.07, 6.45) is 4.58. The molecule has 1 aromatic carbocycles. The summed E-state index contributed by atoms with van der Waals surface area (Å²) >= 11 is 0. The van der Waals surface area contributed by atoms with Crippen LogP contribution in [0.5, 0.6) is 5.75 Å². The number of para-hydroxylation sites is 1. The second-order valence-electron chi connectivity index (χ2n) is 4.87. The molecule has 108 valence electrons. The SMILES string of the molecule is CCNC(C)c1ccccc1OCCc1nccn1C. The standard InChI is InChI=1S/C16H23N3O/c1-4-17-13(2)14-7-5-6-8-15(14)20-12-9-16-18-10-11-19(16)3/h5-8,10-11,13,17H,4,9,12H2,1-3H3. The third-order valence-electron chi connectivity index (χ3n) is 3.40. The molecule has 0 aliphatic rings. The number of nitrogens with one attached hydrogen (secondary N) is 1. The summed E-state index contributed by atoms with van der Waals surface area (Å²) in [5.74, 6) is 2.00. The van der Waals surface area contributed by atoms with Crippen molar-refractivity contribution in [3.63, 3.8) is 0 Å². The van der Waals surface area contributed by atoms with Gasteiger partial charge in [0.25, 0.3) is 0 Å². The number of hydrogen-bond donors (Lipinski definition) is 1. The van der Waals surface area contributed by atoms with Gasteiger partial charge < -0.3 is 14.6 Å². The van der Waals surface area contributed by atoms with Crippen molar-refractivity contribution in [2.24, 2.45) is 7.05 Å². The monoisotopic (exact) mass is 273 g/mol. The average molecular weight is 273 g/mol. The molecule has 0 bridgehead atoms. The maximum absolute atomic E-state index is 5.94. The molecule has 1 aromatic heterocycles. The van der Waals surface area contributed by atoms with Gasteiger partial charge >= 0.3 is 0 Å². The number of aromatic nitrogens is 2. The number of aryl methyl sites for hydroxylation is 1. The lowest BCUT2D eigenvalue weighted by molar-refractivity contribution is 0.311. The van der Waals surface area contributed by atoms with Crippen LogP contribution in [-0.4, -0.2) is 22.7 Å². The molecule has 0 amide bonds. The Morgan fingerprint density at radius 1 is 1.35 bits per heavy atom. The van der Waals surface area contributed by atoms with Crippen LogP contribution in [0.1, 0.15) is 31.3 Å². The van der Waals surface area contributed by atoms with Gasteiger partial charge in [0.1, 0.15) is 11.6 Å². The van der Waals surface area contributed by atoms with Crippen LogP contribution in [0, 0.1) is 0 Å². The molecule has 0 saturated heterocycles. The van der Waals surface area contributed by atoms with E-state index in [2.05, 4.69) is 36.3 Å². The van der Waals surface area contributed by atoms with Crippen LogP contribution in [0.2, 0.25) is 0 Å². The fourth-order valence-electron chi connectivity index (χ4n) is 2.28. The molecule has 2 rings (SSSR count). The molecule has 0 radical (unpaired) electrons.